The van der Waals surface area contributed by atoms with Crippen LogP contribution in [0.1, 0.15) is 5.56 Å². The Morgan fingerprint density at radius 3 is 2.61 bits per heavy atom. The van der Waals surface area contributed by atoms with Gasteiger partial charge < -0.3 is 4.74 Å². The molecule has 1 heterocycles. The summed E-state index contributed by atoms with van der Waals surface area (Å²) in [5.41, 5.74) is 1.83. The van der Waals surface area contributed by atoms with Crippen LogP contribution in [0.5, 0.6) is 5.75 Å². The Kier molecular flexibility index (Phi) is 3.54. The van der Waals surface area contributed by atoms with Gasteiger partial charge in [0.2, 0.25) is 0 Å². The van der Waals surface area contributed by atoms with E-state index in [1.807, 2.05) is 18.2 Å². The highest BCUT2D eigenvalue weighted by atomic mass is 32.2. The Balaban J connectivity index is 2.34. The molecule has 0 unspecified atom stereocenters. The lowest BCUT2D eigenvalue weighted by atomic mass is 9.98. The molecule has 0 atom stereocenters. The van der Waals surface area contributed by atoms with Gasteiger partial charge in [-0.1, -0.05) is 12.1 Å². The Morgan fingerprint density at radius 1 is 1.26 bits per heavy atom. The summed E-state index contributed by atoms with van der Waals surface area (Å²) < 4.78 is 29.6. The molecule has 0 aliphatic carbocycles. The molecule has 6 nitrogen and oxygen atoms in total. The van der Waals surface area contributed by atoms with E-state index < -0.39 is 10.0 Å². The molecule has 0 saturated heterocycles. The first-order chi connectivity index (χ1) is 10.9. The molecule has 0 N–H and O–H groups in total. The standard InChI is InChI=1S/C16H13N3O3S/c1-22-15-6-5-12-4-3-11(8-17)7-14(12)16(15)13-9-18-19(10-13)23(2,20)21/h3-7,9-10H,1-2H3. The molecular weight excluding hydrogens is 314 g/mol. The van der Waals surface area contributed by atoms with Crippen molar-refractivity contribution >= 4 is 20.8 Å². The predicted molar refractivity (Wildman–Crippen MR) is 86.7 cm³/mol. The summed E-state index contributed by atoms with van der Waals surface area (Å²) in [6, 6.07) is 11.1. The minimum absolute atomic E-state index is 0.516. The maximum Gasteiger partial charge on any atom is 0.250 e. The molecule has 3 rings (SSSR count). The lowest BCUT2D eigenvalue weighted by Gasteiger charge is -2.11. The second-order valence-corrected chi connectivity index (χ2v) is 6.90. The van der Waals surface area contributed by atoms with Gasteiger partial charge in [-0.15, -0.1) is 0 Å². The van der Waals surface area contributed by atoms with Crippen molar-refractivity contribution in [3.63, 3.8) is 0 Å². The highest BCUT2D eigenvalue weighted by Gasteiger charge is 2.15. The van der Waals surface area contributed by atoms with Gasteiger partial charge in [-0.05, 0) is 29.0 Å². The minimum Gasteiger partial charge on any atom is -0.496 e. The van der Waals surface area contributed by atoms with Gasteiger partial charge in [0.05, 0.1) is 37.4 Å². The largest absolute Gasteiger partial charge is 0.496 e. The Labute approximate surface area is 133 Å². The first kappa shape index (κ1) is 15.1. The SMILES string of the molecule is COc1ccc2ccc(C#N)cc2c1-c1cnn(S(C)(=O)=O)c1. The molecular formula is C16H13N3O3S. The average molecular weight is 327 g/mol. The zero-order valence-corrected chi connectivity index (χ0v) is 13.3. The molecule has 116 valence electrons. The molecule has 0 bridgehead atoms. The summed E-state index contributed by atoms with van der Waals surface area (Å²) in [4.78, 5) is 0. The van der Waals surface area contributed by atoms with E-state index in [1.54, 1.807) is 19.2 Å². The van der Waals surface area contributed by atoms with Gasteiger partial charge in [0.1, 0.15) is 5.75 Å². The summed E-state index contributed by atoms with van der Waals surface area (Å²) in [5, 5.41) is 14.7. The molecule has 1 aromatic heterocycles. The van der Waals surface area contributed by atoms with Crippen LogP contribution in [0.3, 0.4) is 0 Å². The van der Waals surface area contributed by atoms with E-state index in [4.69, 9.17) is 10.00 Å². The Morgan fingerprint density at radius 2 is 2.00 bits per heavy atom. The van der Waals surface area contributed by atoms with Gasteiger partial charge in [-0.3, -0.25) is 0 Å². The van der Waals surface area contributed by atoms with E-state index in [2.05, 4.69) is 11.2 Å². The van der Waals surface area contributed by atoms with E-state index in [0.29, 0.717) is 22.4 Å². The van der Waals surface area contributed by atoms with E-state index in [9.17, 15) is 8.42 Å². The number of nitriles is 1. The molecule has 0 radical (unpaired) electrons. The van der Waals surface area contributed by atoms with Gasteiger partial charge in [0.25, 0.3) is 10.0 Å². The fraction of sp³-hybridized carbons (Fsp3) is 0.125. The van der Waals surface area contributed by atoms with Crippen molar-refractivity contribution in [2.24, 2.45) is 0 Å². The van der Waals surface area contributed by atoms with Crippen molar-refractivity contribution in [3.8, 4) is 22.9 Å². The molecule has 0 saturated carbocycles. The number of fused-ring (bicyclic) bond motifs is 1. The van der Waals surface area contributed by atoms with Crippen molar-refractivity contribution < 1.29 is 13.2 Å². The first-order valence-electron chi connectivity index (χ1n) is 6.70. The first-order valence-corrected chi connectivity index (χ1v) is 8.55. The van der Waals surface area contributed by atoms with Gasteiger partial charge in [0, 0.05) is 11.1 Å². The fourth-order valence-electron chi connectivity index (χ4n) is 2.45. The fourth-order valence-corrected chi connectivity index (χ4v) is 2.98. The van der Waals surface area contributed by atoms with Crippen LogP contribution in [-0.2, 0) is 10.0 Å². The molecule has 0 amide bonds. The summed E-state index contributed by atoms with van der Waals surface area (Å²) >= 11 is 0. The minimum atomic E-state index is -3.46. The monoisotopic (exact) mass is 327 g/mol. The number of aromatic nitrogens is 2. The van der Waals surface area contributed by atoms with Crippen LogP contribution in [0.2, 0.25) is 0 Å². The number of hydrogen-bond acceptors (Lipinski definition) is 5. The topological polar surface area (TPSA) is 85.0 Å². The van der Waals surface area contributed by atoms with Crippen LogP contribution < -0.4 is 4.74 Å². The second-order valence-electron chi connectivity index (χ2n) is 5.06. The molecule has 2 aromatic carbocycles. The third-order valence-corrected chi connectivity index (χ3v) is 4.40. The molecule has 0 fully saturated rings. The maximum absolute atomic E-state index is 11.6. The maximum atomic E-state index is 11.6. The zero-order chi connectivity index (χ0) is 16.6. The molecule has 3 aromatic rings. The van der Waals surface area contributed by atoms with Crippen molar-refractivity contribution in [1.29, 1.82) is 5.26 Å². The average Bonchev–Trinajstić information content (AvgIpc) is 3.02. The number of benzene rings is 2. The number of hydrogen-bond donors (Lipinski definition) is 0. The van der Waals surface area contributed by atoms with Crippen LogP contribution in [-0.4, -0.2) is 31.0 Å². The lowest BCUT2D eigenvalue weighted by Crippen LogP contribution is -2.09. The Hall–Kier alpha value is -2.85. The normalized spacial score (nSPS) is 11.3. The smallest absolute Gasteiger partial charge is 0.250 e. The highest BCUT2D eigenvalue weighted by molar-refractivity contribution is 7.89. The summed E-state index contributed by atoms with van der Waals surface area (Å²) in [5.74, 6) is 0.584. The number of ether oxygens (including phenoxy) is 1. The van der Waals surface area contributed by atoms with Gasteiger partial charge in [0.15, 0.2) is 0 Å². The zero-order valence-electron chi connectivity index (χ0n) is 12.5. The van der Waals surface area contributed by atoms with Crippen LogP contribution in [0.4, 0.5) is 0 Å². The number of rotatable bonds is 3. The van der Waals surface area contributed by atoms with Crippen LogP contribution in [0.25, 0.3) is 21.9 Å². The lowest BCUT2D eigenvalue weighted by molar-refractivity contribution is 0.417. The van der Waals surface area contributed by atoms with Crippen molar-refractivity contribution in [2.75, 3.05) is 13.4 Å². The molecule has 0 spiro atoms. The van der Waals surface area contributed by atoms with E-state index in [0.717, 1.165) is 21.1 Å². The van der Waals surface area contributed by atoms with Crippen molar-refractivity contribution in [1.82, 2.24) is 9.19 Å². The third kappa shape index (κ3) is 2.64. The predicted octanol–water partition coefficient (Wildman–Crippen LogP) is 2.39. The second kappa shape index (κ2) is 5.41. The van der Waals surface area contributed by atoms with Crippen molar-refractivity contribution in [3.05, 3.63) is 48.3 Å². The number of nitrogens with zero attached hydrogens (tertiary/aromatic N) is 3. The van der Waals surface area contributed by atoms with E-state index in [-0.39, 0.29) is 0 Å². The molecule has 23 heavy (non-hydrogen) atoms. The van der Waals surface area contributed by atoms with Crippen molar-refractivity contribution in [2.45, 2.75) is 0 Å². The molecule has 7 heteroatoms. The highest BCUT2D eigenvalue weighted by Crippen LogP contribution is 2.37. The van der Waals surface area contributed by atoms with Crippen LogP contribution in [0, 0.1) is 11.3 Å². The Bertz CT molecular complexity index is 1050. The van der Waals surface area contributed by atoms with Crippen LogP contribution in [0.15, 0.2) is 42.7 Å². The van der Waals surface area contributed by atoms with Gasteiger partial charge in [-0.25, -0.2) is 8.42 Å². The summed E-state index contributed by atoms with van der Waals surface area (Å²) in [6.07, 6.45) is 3.99. The van der Waals surface area contributed by atoms with E-state index in [1.165, 1.54) is 12.4 Å². The quantitative estimate of drug-likeness (QED) is 0.737. The van der Waals surface area contributed by atoms with Gasteiger partial charge in [-0.2, -0.15) is 14.4 Å². The van der Waals surface area contributed by atoms with Crippen LogP contribution >= 0.6 is 0 Å². The number of methoxy groups -OCH3 is 1. The molecule has 0 aliphatic heterocycles. The molecule has 0 aliphatic rings. The summed E-state index contributed by atoms with van der Waals surface area (Å²) in [6.45, 7) is 0. The summed E-state index contributed by atoms with van der Waals surface area (Å²) in [7, 11) is -1.92. The van der Waals surface area contributed by atoms with E-state index >= 15 is 0 Å². The van der Waals surface area contributed by atoms with Gasteiger partial charge >= 0.3 is 0 Å². The third-order valence-electron chi connectivity index (χ3n) is 3.52.